The van der Waals surface area contributed by atoms with Crippen molar-refractivity contribution in [3.8, 4) is 0 Å². The number of nitrogens with zero attached hydrogens (tertiary/aromatic N) is 2. The predicted octanol–water partition coefficient (Wildman–Crippen LogP) is 2.68. The van der Waals surface area contributed by atoms with E-state index in [1.165, 1.54) is 5.56 Å². The molecule has 0 aliphatic carbocycles. The summed E-state index contributed by atoms with van der Waals surface area (Å²) in [6.45, 7) is 4.42. The van der Waals surface area contributed by atoms with Gasteiger partial charge in [0, 0.05) is 24.8 Å². The van der Waals surface area contributed by atoms with E-state index in [1.807, 2.05) is 31.2 Å². The molecule has 0 atom stereocenters. The summed E-state index contributed by atoms with van der Waals surface area (Å²) >= 11 is 0. The van der Waals surface area contributed by atoms with Crippen molar-refractivity contribution < 1.29 is 4.79 Å². The molecular formula is C19H26N4O. The van der Waals surface area contributed by atoms with Crippen LogP contribution in [0, 0.1) is 6.92 Å². The molecule has 0 saturated heterocycles. The minimum Gasteiger partial charge on any atom is -0.370 e. The molecule has 24 heavy (non-hydrogen) atoms. The summed E-state index contributed by atoms with van der Waals surface area (Å²) in [5.41, 5.74) is 2.92. The van der Waals surface area contributed by atoms with E-state index in [4.69, 9.17) is 0 Å². The number of benzene rings is 1. The van der Waals surface area contributed by atoms with Crippen LogP contribution in [0.5, 0.6) is 0 Å². The number of hydrogen-bond donors (Lipinski definition) is 2. The maximum Gasteiger partial charge on any atom is 0.251 e. The summed E-state index contributed by atoms with van der Waals surface area (Å²) in [6.07, 6.45) is 2.69. The van der Waals surface area contributed by atoms with Crippen molar-refractivity contribution in [2.24, 2.45) is 0 Å². The van der Waals surface area contributed by atoms with Crippen molar-refractivity contribution in [2.45, 2.75) is 19.9 Å². The van der Waals surface area contributed by atoms with Gasteiger partial charge < -0.3 is 15.5 Å². The van der Waals surface area contributed by atoms with Gasteiger partial charge in [-0.05, 0) is 57.2 Å². The normalized spacial score (nSPS) is 10.7. The van der Waals surface area contributed by atoms with Gasteiger partial charge in [-0.3, -0.25) is 4.79 Å². The third-order valence-electron chi connectivity index (χ3n) is 3.81. The Balaban J connectivity index is 1.88. The third-order valence-corrected chi connectivity index (χ3v) is 3.81. The number of rotatable bonds is 8. The molecule has 2 rings (SSSR count). The summed E-state index contributed by atoms with van der Waals surface area (Å²) < 4.78 is 0. The molecule has 1 aromatic heterocycles. The van der Waals surface area contributed by atoms with Gasteiger partial charge in [0.2, 0.25) is 0 Å². The fraction of sp³-hybridized carbons (Fsp3) is 0.368. The molecule has 2 N–H and O–H groups in total. The molecule has 0 unspecified atom stereocenters. The first-order valence-electron chi connectivity index (χ1n) is 8.23. The number of aromatic nitrogens is 1. The zero-order valence-corrected chi connectivity index (χ0v) is 14.7. The average molecular weight is 326 g/mol. The quantitative estimate of drug-likeness (QED) is 0.732. The fourth-order valence-corrected chi connectivity index (χ4v) is 2.37. The van der Waals surface area contributed by atoms with Crippen LogP contribution in [-0.4, -0.2) is 43.0 Å². The van der Waals surface area contributed by atoms with Gasteiger partial charge in [0.15, 0.2) is 0 Å². The molecule has 0 radical (unpaired) electrons. The maximum atomic E-state index is 12.3. The van der Waals surface area contributed by atoms with Crippen LogP contribution in [0.2, 0.25) is 0 Å². The lowest BCUT2D eigenvalue weighted by Gasteiger charge is -2.11. The molecule has 0 bridgehead atoms. The summed E-state index contributed by atoms with van der Waals surface area (Å²) in [5.74, 6) is 0.647. The van der Waals surface area contributed by atoms with E-state index in [-0.39, 0.29) is 5.91 Å². The number of aryl methyl sites for hydroxylation is 1. The molecule has 1 amide bonds. The van der Waals surface area contributed by atoms with E-state index in [2.05, 4.69) is 34.6 Å². The fourth-order valence-electron chi connectivity index (χ4n) is 2.37. The van der Waals surface area contributed by atoms with Crippen LogP contribution in [0.1, 0.15) is 27.9 Å². The number of nitrogens with one attached hydrogen (secondary N) is 2. The van der Waals surface area contributed by atoms with Crippen LogP contribution in [0.4, 0.5) is 5.82 Å². The zero-order valence-electron chi connectivity index (χ0n) is 14.7. The van der Waals surface area contributed by atoms with Gasteiger partial charge in [0.05, 0.1) is 0 Å². The van der Waals surface area contributed by atoms with E-state index < -0.39 is 0 Å². The number of pyridine rings is 1. The molecular weight excluding hydrogens is 300 g/mol. The van der Waals surface area contributed by atoms with Crippen LogP contribution < -0.4 is 10.6 Å². The second kappa shape index (κ2) is 9.03. The molecule has 1 aromatic carbocycles. The number of amides is 1. The lowest BCUT2D eigenvalue weighted by molar-refractivity contribution is 0.0951. The summed E-state index contributed by atoms with van der Waals surface area (Å²) in [6, 6.07) is 11.6. The Labute approximate surface area is 144 Å². The van der Waals surface area contributed by atoms with Crippen molar-refractivity contribution in [3.05, 3.63) is 59.3 Å². The van der Waals surface area contributed by atoms with E-state index in [0.29, 0.717) is 12.1 Å². The highest BCUT2D eigenvalue weighted by Gasteiger charge is 2.07. The smallest absolute Gasteiger partial charge is 0.251 e. The van der Waals surface area contributed by atoms with Gasteiger partial charge in [-0.1, -0.05) is 24.3 Å². The van der Waals surface area contributed by atoms with Gasteiger partial charge in [0.1, 0.15) is 5.82 Å². The molecule has 128 valence electrons. The monoisotopic (exact) mass is 326 g/mol. The van der Waals surface area contributed by atoms with E-state index in [1.54, 1.807) is 18.3 Å². The summed E-state index contributed by atoms with van der Waals surface area (Å²) in [5, 5.41) is 6.22. The van der Waals surface area contributed by atoms with Gasteiger partial charge in [-0.2, -0.15) is 0 Å². The molecule has 0 spiro atoms. The van der Waals surface area contributed by atoms with Crippen molar-refractivity contribution in [3.63, 3.8) is 0 Å². The Morgan fingerprint density at radius 3 is 2.75 bits per heavy atom. The molecule has 0 aliphatic rings. The predicted molar refractivity (Wildman–Crippen MR) is 98.2 cm³/mol. The highest BCUT2D eigenvalue weighted by atomic mass is 16.1. The van der Waals surface area contributed by atoms with E-state index >= 15 is 0 Å². The molecule has 0 fully saturated rings. The zero-order chi connectivity index (χ0) is 17.4. The largest absolute Gasteiger partial charge is 0.370 e. The van der Waals surface area contributed by atoms with Crippen LogP contribution in [0.3, 0.4) is 0 Å². The average Bonchev–Trinajstić information content (AvgIpc) is 2.58. The van der Waals surface area contributed by atoms with Crippen molar-refractivity contribution in [2.75, 3.05) is 32.5 Å². The first-order valence-corrected chi connectivity index (χ1v) is 8.23. The highest BCUT2D eigenvalue weighted by molar-refractivity contribution is 5.94. The van der Waals surface area contributed by atoms with Gasteiger partial charge in [-0.15, -0.1) is 0 Å². The van der Waals surface area contributed by atoms with E-state index in [9.17, 15) is 4.79 Å². The highest BCUT2D eigenvalue weighted by Crippen LogP contribution is 2.09. The third kappa shape index (κ3) is 5.66. The molecule has 1 heterocycles. The summed E-state index contributed by atoms with van der Waals surface area (Å²) in [4.78, 5) is 18.7. The number of carbonyl (C=O) groups is 1. The number of hydrogen-bond acceptors (Lipinski definition) is 4. The van der Waals surface area contributed by atoms with Crippen LogP contribution in [0.25, 0.3) is 0 Å². The van der Waals surface area contributed by atoms with Crippen molar-refractivity contribution in [1.29, 1.82) is 0 Å². The van der Waals surface area contributed by atoms with Crippen LogP contribution in [-0.2, 0) is 6.54 Å². The second-order valence-corrected chi connectivity index (χ2v) is 6.12. The van der Waals surface area contributed by atoms with E-state index in [0.717, 1.165) is 30.9 Å². The van der Waals surface area contributed by atoms with Crippen molar-refractivity contribution in [1.82, 2.24) is 15.2 Å². The SMILES string of the molecule is Cc1ccccc1CNC(=O)c1ccnc(NCCCN(C)C)c1. The van der Waals surface area contributed by atoms with Gasteiger partial charge in [0.25, 0.3) is 5.91 Å². The summed E-state index contributed by atoms with van der Waals surface area (Å²) in [7, 11) is 4.11. The molecule has 5 heteroatoms. The van der Waals surface area contributed by atoms with Gasteiger partial charge >= 0.3 is 0 Å². The Morgan fingerprint density at radius 2 is 2.00 bits per heavy atom. The number of carbonyl (C=O) groups excluding carboxylic acids is 1. The Kier molecular flexibility index (Phi) is 6.75. The number of anilines is 1. The van der Waals surface area contributed by atoms with Gasteiger partial charge in [-0.25, -0.2) is 4.98 Å². The minimum atomic E-state index is -0.0861. The lowest BCUT2D eigenvalue weighted by Crippen LogP contribution is -2.23. The Morgan fingerprint density at radius 1 is 1.21 bits per heavy atom. The Hall–Kier alpha value is -2.40. The minimum absolute atomic E-state index is 0.0861. The maximum absolute atomic E-state index is 12.3. The Bertz CT molecular complexity index is 670. The standard InChI is InChI=1S/C19H26N4O/c1-15-7-4-5-8-17(15)14-22-19(24)16-9-11-21-18(13-16)20-10-6-12-23(2)3/h4-5,7-9,11,13H,6,10,12,14H2,1-3H3,(H,20,21)(H,22,24). The molecule has 2 aromatic rings. The van der Waals surface area contributed by atoms with Crippen molar-refractivity contribution >= 4 is 11.7 Å². The lowest BCUT2D eigenvalue weighted by atomic mass is 10.1. The first-order chi connectivity index (χ1) is 11.6. The first kappa shape index (κ1) is 17.9. The second-order valence-electron chi connectivity index (χ2n) is 6.12. The topological polar surface area (TPSA) is 57.3 Å². The molecule has 0 aliphatic heterocycles. The molecule has 0 saturated carbocycles. The molecule has 5 nitrogen and oxygen atoms in total. The van der Waals surface area contributed by atoms with Crippen LogP contribution in [0.15, 0.2) is 42.6 Å². The van der Waals surface area contributed by atoms with Crippen LogP contribution >= 0.6 is 0 Å².